The van der Waals surface area contributed by atoms with Crippen LogP contribution in [-0.4, -0.2) is 49.4 Å². The van der Waals surface area contributed by atoms with E-state index in [4.69, 9.17) is 0 Å². The van der Waals surface area contributed by atoms with Crippen molar-refractivity contribution in [1.29, 1.82) is 0 Å². The molecule has 0 atom stereocenters. The van der Waals surface area contributed by atoms with Crippen molar-refractivity contribution >= 4 is 5.91 Å². The predicted molar refractivity (Wildman–Crippen MR) is 64.8 cm³/mol. The lowest BCUT2D eigenvalue weighted by Gasteiger charge is -2.18. The Hall–Kier alpha value is -1.09. The van der Waals surface area contributed by atoms with Crippen LogP contribution in [0.15, 0.2) is 24.8 Å². The first-order chi connectivity index (χ1) is 7.11. The molecule has 0 aliphatic carbocycles. The molecule has 0 saturated carbocycles. The van der Waals surface area contributed by atoms with Gasteiger partial charge >= 0.3 is 0 Å². The fourth-order valence-corrected chi connectivity index (χ4v) is 1.19. The van der Waals surface area contributed by atoms with E-state index in [1.54, 1.807) is 17.1 Å². The van der Waals surface area contributed by atoms with E-state index in [2.05, 4.69) is 13.5 Å². The Morgan fingerprint density at radius 3 is 2.47 bits per heavy atom. The van der Waals surface area contributed by atoms with E-state index in [0.29, 0.717) is 6.54 Å². The highest BCUT2D eigenvalue weighted by Gasteiger charge is 2.06. The molecule has 0 spiro atoms. The Kier molecular flexibility index (Phi) is 7.64. The molecule has 15 heavy (non-hydrogen) atoms. The van der Waals surface area contributed by atoms with Gasteiger partial charge < -0.3 is 9.80 Å². The van der Waals surface area contributed by atoms with E-state index in [9.17, 15) is 4.79 Å². The van der Waals surface area contributed by atoms with Crippen molar-refractivity contribution < 1.29 is 4.79 Å². The number of carbonyl (C=O) groups excluding carboxylic acids is 1. The van der Waals surface area contributed by atoms with Gasteiger partial charge in [0.05, 0.1) is 0 Å². The van der Waals surface area contributed by atoms with Crippen LogP contribution in [-0.2, 0) is 4.79 Å². The van der Waals surface area contributed by atoms with Gasteiger partial charge in [-0.05, 0) is 20.5 Å². The van der Waals surface area contributed by atoms with Crippen LogP contribution >= 0.6 is 0 Å². The van der Waals surface area contributed by atoms with Crippen molar-refractivity contribution in [2.45, 2.75) is 13.3 Å². The van der Waals surface area contributed by atoms with Crippen molar-refractivity contribution in [3.63, 3.8) is 0 Å². The standard InChI is InChI=1S/C12H22N2O/c1-5-9-14(10-6-2)12(15)8-7-11-13(3)4/h5,7-8H,1,6,9-11H2,2-4H3/b8-7+. The Labute approximate surface area is 93.1 Å². The van der Waals surface area contributed by atoms with Gasteiger partial charge in [-0.2, -0.15) is 0 Å². The molecule has 0 bridgehead atoms. The molecule has 0 N–H and O–H groups in total. The maximum atomic E-state index is 11.7. The summed E-state index contributed by atoms with van der Waals surface area (Å²) in [5, 5.41) is 0. The van der Waals surface area contributed by atoms with E-state index >= 15 is 0 Å². The van der Waals surface area contributed by atoms with Gasteiger partial charge in [-0.15, -0.1) is 6.58 Å². The van der Waals surface area contributed by atoms with Gasteiger partial charge in [0.25, 0.3) is 0 Å². The molecule has 0 rings (SSSR count). The van der Waals surface area contributed by atoms with Crippen molar-refractivity contribution in [2.75, 3.05) is 33.7 Å². The molecular formula is C12H22N2O. The smallest absolute Gasteiger partial charge is 0.246 e. The lowest BCUT2D eigenvalue weighted by atomic mass is 10.3. The first-order valence-electron chi connectivity index (χ1n) is 5.32. The van der Waals surface area contributed by atoms with Gasteiger partial charge in [0, 0.05) is 25.7 Å². The van der Waals surface area contributed by atoms with Gasteiger partial charge in [0.1, 0.15) is 0 Å². The van der Waals surface area contributed by atoms with Crippen LogP contribution in [0.25, 0.3) is 0 Å². The summed E-state index contributed by atoms with van der Waals surface area (Å²) in [6.07, 6.45) is 6.25. The largest absolute Gasteiger partial charge is 0.335 e. The molecule has 86 valence electrons. The minimum atomic E-state index is 0.0681. The number of carbonyl (C=O) groups is 1. The van der Waals surface area contributed by atoms with E-state index < -0.39 is 0 Å². The van der Waals surface area contributed by atoms with Crippen LogP contribution in [0, 0.1) is 0 Å². The Morgan fingerprint density at radius 1 is 1.33 bits per heavy atom. The van der Waals surface area contributed by atoms with Crippen molar-refractivity contribution in [3.05, 3.63) is 24.8 Å². The fourth-order valence-electron chi connectivity index (χ4n) is 1.19. The maximum absolute atomic E-state index is 11.7. The number of rotatable bonds is 7. The Morgan fingerprint density at radius 2 is 2.00 bits per heavy atom. The summed E-state index contributed by atoms with van der Waals surface area (Å²) in [4.78, 5) is 15.5. The molecule has 3 heteroatoms. The Bertz CT molecular complexity index is 222. The van der Waals surface area contributed by atoms with Crippen LogP contribution < -0.4 is 0 Å². The van der Waals surface area contributed by atoms with Gasteiger partial charge in [-0.25, -0.2) is 0 Å². The first-order valence-corrected chi connectivity index (χ1v) is 5.32. The van der Waals surface area contributed by atoms with Gasteiger partial charge in [-0.1, -0.05) is 19.1 Å². The van der Waals surface area contributed by atoms with Crippen molar-refractivity contribution in [2.24, 2.45) is 0 Å². The molecule has 1 amide bonds. The summed E-state index contributed by atoms with van der Waals surface area (Å²) in [6.45, 7) is 7.91. The topological polar surface area (TPSA) is 23.6 Å². The summed E-state index contributed by atoms with van der Waals surface area (Å²) in [5.41, 5.74) is 0. The number of hydrogen-bond acceptors (Lipinski definition) is 2. The summed E-state index contributed by atoms with van der Waals surface area (Å²) in [7, 11) is 3.95. The molecule has 0 unspecified atom stereocenters. The van der Waals surface area contributed by atoms with E-state index in [1.807, 2.05) is 25.1 Å². The summed E-state index contributed by atoms with van der Waals surface area (Å²) in [5.74, 6) is 0.0681. The first kappa shape index (κ1) is 13.9. The predicted octanol–water partition coefficient (Wildman–Crippen LogP) is 1.53. The average Bonchev–Trinajstić information content (AvgIpc) is 2.16. The zero-order valence-corrected chi connectivity index (χ0v) is 10.1. The minimum absolute atomic E-state index is 0.0681. The van der Waals surface area contributed by atoms with Crippen LogP contribution in [0.1, 0.15) is 13.3 Å². The van der Waals surface area contributed by atoms with Gasteiger partial charge in [0.15, 0.2) is 0 Å². The molecule has 0 fully saturated rings. The van der Waals surface area contributed by atoms with Crippen molar-refractivity contribution in [3.8, 4) is 0 Å². The number of hydrogen-bond donors (Lipinski definition) is 0. The molecule has 0 aliphatic heterocycles. The summed E-state index contributed by atoms with van der Waals surface area (Å²) >= 11 is 0. The summed E-state index contributed by atoms with van der Waals surface area (Å²) < 4.78 is 0. The normalized spacial score (nSPS) is 10.9. The number of amides is 1. The highest BCUT2D eigenvalue weighted by molar-refractivity contribution is 5.87. The lowest BCUT2D eigenvalue weighted by molar-refractivity contribution is -0.125. The third kappa shape index (κ3) is 6.91. The number of likely N-dealkylation sites (N-methyl/N-ethyl adjacent to an activating group) is 1. The highest BCUT2D eigenvalue weighted by atomic mass is 16.2. The second-order valence-corrected chi connectivity index (χ2v) is 3.74. The molecule has 0 saturated heterocycles. The molecule has 3 nitrogen and oxygen atoms in total. The third-order valence-corrected chi connectivity index (χ3v) is 1.89. The van der Waals surface area contributed by atoms with Crippen LogP contribution in [0.2, 0.25) is 0 Å². The molecule has 0 radical (unpaired) electrons. The van der Waals surface area contributed by atoms with E-state index in [-0.39, 0.29) is 5.91 Å². The Balaban J connectivity index is 4.11. The lowest BCUT2D eigenvalue weighted by Crippen LogP contribution is -2.30. The van der Waals surface area contributed by atoms with Crippen LogP contribution in [0.3, 0.4) is 0 Å². The molecule has 0 aliphatic rings. The molecule has 0 aromatic heterocycles. The highest BCUT2D eigenvalue weighted by Crippen LogP contribution is 1.94. The second-order valence-electron chi connectivity index (χ2n) is 3.74. The van der Waals surface area contributed by atoms with Crippen LogP contribution in [0.4, 0.5) is 0 Å². The molecular weight excluding hydrogens is 188 g/mol. The zero-order chi connectivity index (χ0) is 11.7. The molecule has 0 aromatic rings. The minimum Gasteiger partial charge on any atom is -0.335 e. The fraction of sp³-hybridized carbons (Fsp3) is 0.583. The van der Waals surface area contributed by atoms with E-state index in [1.165, 1.54) is 0 Å². The molecule has 0 aromatic carbocycles. The average molecular weight is 210 g/mol. The quantitative estimate of drug-likeness (QED) is 0.470. The number of nitrogens with zero attached hydrogens (tertiary/aromatic N) is 2. The SMILES string of the molecule is C=CCN(CCC)C(=O)/C=C/CN(C)C. The summed E-state index contributed by atoms with van der Waals surface area (Å²) in [6, 6.07) is 0. The van der Waals surface area contributed by atoms with Crippen molar-refractivity contribution in [1.82, 2.24) is 9.80 Å². The monoisotopic (exact) mass is 210 g/mol. The van der Waals surface area contributed by atoms with E-state index in [0.717, 1.165) is 19.5 Å². The van der Waals surface area contributed by atoms with Gasteiger partial charge in [0.2, 0.25) is 5.91 Å². The zero-order valence-electron chi connectivity index (χ0n) is 10.1. The maximum Gasteiger partial charge on any atom is 0.246 e. The van der Waals surface area contributed by atoms with Gasteiger partial charge in [-0.3, -0.25) is 4.79 Å². The third-order valence-electron chi connectivity index (χ3n) is 1.89. The van der Waals surface area contributed by atoms with Crippen LogP contribution in [0.5, 0.6) is 0 Å². The molecule has 0 heterocycles. The second kappa shape index (κ2) is 8.24.